The number of carbonyl (C=O) groups excluding carboxylic acids is 3. The van der Waals surface area contributed by atoms with Gasteiger partial charge >= 0.3 is 5.97 Å². The van der Waals surface area contributed by atoms with Crippen LogP contribution in [-0.2, 0) is 14.3 Å². The molecule has 0 saturated carbocycles. The number of hydrogen-bond donors (Lipinski definition) is 0. The van der Waals surface area contributed by atoms with Crippen molar-refractivity contribution < 1.29 is 29.2 Å². The van der Waals surface area contributed by atoms with Crippen LogP contribution in [0.2, 0.25) is 0 Å². The number of esters is 1. The predicted octanol–water partition coefficient (Wildman–Crippen LogP) is 0.878. The summed E-state index contributed by atoms with van der Waals surface area (Å²) in [7, 11) is 1.13. The first kappa shape index (κ1) is 16.5. The Kier molecular flexibility index (Phi) is 4.65. The average molecular weight is 337 g/mol. The first-order chi connectivity index (χ1) is 10.8. The number of carbonyl (C=O) groups is 3. The topological polar surface area (TPSA) is 130 Å². The number of nitro groups is 1. The molecular weight excluding hydrogens is 328 g/mol. The van der Waals surface area contributed by atoms with Crippen LogP contribution in [0.5, 0.6) is 5.75 Å². The third kappa shape index (κ3) is 3.48. The number of ether oxygens (including phenoxy) is 1. The number of thioether (sulfide) groups is 1. The van der Waals surface area contributed by atoms with Crippen molar-refractivity contribution in [2.45, 2.75) is 0 Å². The van der Waals surface area contributed by atoms with Crippen molar-refractivity contribution in [3.8, 4) is 5.75 Å². The molecule has 1 saturated heterocycles. The van der Waals surface area contributed by atoms with Gasteiger partial charge in [0.25, 0.3) is 16.8 Å². The second kappa shape index (κ2) is 6.48. The van der Waals surface area contributed by atoms with Gasteiger partial charge in [0.2, 0.25) is 0 Å². The van der Waals surface area contributed by atoms with Crippen LogP contribution >= 0.6 is 11.8 Å². The molecule has 0 spiro atoms. The van der Waals surface area contributed by atoms with Crippen molar-refractivity contribution in [2.24, 2.45) is 0 Å². The summed E-state index contributed by atoms with van der Waals surface area (Å²) in [5.41, 5.74) is -0.410. The Labute approximate surface area is 133 Å². The van der Waals surface area contributed by atoms with Crippen molar-refractivity contribution >= 4 is 40.6 Å². The minimum absolute atomic E-state index is 0.00755. The highest BCUT2D eigenvalue weighted by molar-refractivity contribution is 8.18. The van der Waals surface area contributed by atoms with Crippen LogP contribution in [0.15, 0.2) is 23.1 Å². The second-order valence-corrected chi connectivity index (χ2v) is 5.32. The van der Waals surface area contributed by atoms with Crippen LogP contribution < -0.4 is 5.11 Å². The van der Waals surface area contributed by atoms with Gasteiger partial charge in [-0.05, 0) is 29.2 Å². The monoisotopic (exact) mass is 337 g/mol. The number of nitro benzene ring substituents is 1. The highest BCUT2D eigenvalue weighted by atomic mass is 32.2. The summed E-state index contributed by atoms with van der Waals surface area (Å²) in [4.78, 5) is 45.6. The largest absolute Gasteiger partial charge is 0.868 e. The molecule has 1 aromatic carbocycles. The number of methoxy groups -OCH3 is 1. The molecule has 1 aliphatic heterocycles. The molecule has 23 heavy (non-hydrogen) atoms. The molecule has 0 N–H and O–H groups in total. The number of hydrogen-bond acceptors (Lipinski definition) is 8. The van der Waals surface area contributed by atoms with E-state index in [1.807, 2.05) is 0 Å². The first-order valence-electron chi connectivity index (χ1n) is 6.11. The van der Waals surface area contributed by atoms with E-state index in [1.54, 1.807) is 0 Å². The molecule has 0 aromatic heterocycles. The van der Waals surface area contributed by atoms with Gasteiger partial charge in [0.05, 0.1) is 16.9 Å². The molecule has 0 radical (unpaired) electrons. The van der Waals surface area contributed by atoms with Gasteiger partial charge in [-0.15, -0.1) is 0 Å². The van der Waals surface area contributed by atoms with E-state index in [-0.39, 0.29) is 10.5 Å². The zero-order valence-electron chi connectivity index (χ0n) is 11.7. The minimum Gasteiger partial charge on any atom is -0.868 e. The lowest BCUT2D eigenvalue weighted by atomic mass is 10.1. The van der Waals surface area contributed by atoms with E-state index in [0.717, 1.165) is 19.2 Å². The number of amides is 2. The lowest BCUT2D eigenvalue weighted by molar-refractivity contribution is -0.398. The standard InChI is InChI=1S/C13H10N2O7S/c1-22-11(17)6-14-12(18)10(23-13(14)19)5-7-2-3-9(16)8(4-7)15(20)21/h2-5,16H,6H2,1H3/p-1/b10-5+. The van der Waals surface area contributed by atoms with E-state index in [4.69, 9.17) is 0 Å². The zero-order valence-corrected chi connectivity index (χ0v) is 12.5. The van der Waals surface area contributed by atoms with Crippen LogP contribution in [0, 0.1) is 10.1 Å². The minimum atomic E-state index is -0.831. The van der Waals surface area contributed by atoms with Crippen molar-refractivity contribution in [1.29, 1.82) is 0 Å². The van der Waals surface area contributed by atoms with Gasteiger partial charge < -0.3 is 9.84 Å². The third-order valence-electron chi connectivity index (χ3n) is 2.87. The maximum atomic E-state index is 12.1. The van der Waals surface area contributed by atoms with E-state index >= 15 is 0 Å². The van der Waals surface area contributed by atoms with Crippen molar-refractivity contribution in [3.05, 3.63) is 38.8 Å². The molecule has 0 bridgehead atoms. The van der Waals surface area contributed by atoms with Crippen LogP contribution in [-0.4, -0.2) is 40.6 Å². The van der Waals surface area contributed by atoms with Gasteiger partial charge in [-0.25, -0.2) is 0 Å². The van der Waals surface area contributed by atoms with E-state index < -0.39 is 40.0 Å². The fourth-order valence-electron chi connectivity index (χ4n) is 1.75. The third-order valence-corrected chi connectivity index (χ3v) is 3.77. The lowest BCUT2D eigenvalue weighted by Gasteiger charge is -2.09. The summed E-state index contributed by atoms with van der Waals surface area (Å²) in [5, 5.41) is 21.4. The van der Waals surface area contributed by atoms with Gasteiger partial charge in [-0.2, -0.15) is 0 Å². The Hall–Kier alpha value is -2.88. The van der Waals surface area contributed by atoms with E-state index in [0.29, 0.717) is 16.7 Å². The highest BCUT2D eigenvalue weighted by Crippen LogP contribution is 2.33. The maximum Gasteiger partial charge on any atom is 0.325 e. The van der Waals surface area contributed by atoms with Gasteiger partial charge in [-0.3, -0.25) is 29.4 Å². The fraction of sp³-hybridized carbons (Fsp3) is 0.154. The molecule has 2 rings (SSSR count). The molecule has 9 nitrogen and oxygen atoms in total. The molecule has 1 heterocycles. The van der Waals surface area contributed by atoms with E-state index in [9.17, 15) is 29.6 Å². The number of imide groups is 1. The van der Waals surface area contributed by atoms with Crippen molar-refractivity contribution in [2.75, 3.05) is 13.7 Å². The van der Waals surface area contributed by atoms with E-state index in [2.05, 4.69) is 4.74 Å². The molecular formula is C13H9N2O7S-. The highest BCUT2D eigenvalue weighted by Gasteiger charge is 2.36. The summed E-state index contributed by atoms with van der Waals surface area (Å²) in [6, 6.07) is 3.31. The SMILES string of the molecule is COC(=O)CN1C(=O)S/C(=C/c2ccc([O-])c([N+](=O)[O-])c2)C1=O. The average Bonchev–Trinajstić information content (AvgIpc) is 2.76. The predicted molar refractivity (Wildman–Crippen MR) is 77.2 cm³/mol. The Morgan fingerprint density at radius 2 is 2.13 bits per heavy atom. The number of nitrogens with zero attached hydrogens (tertiary/aromatic N) is 2. The smallest absolute Gasteiger partial charge is 0.325 e. The summed E-state index contributed by atoms with van der Waals surface area (Å²) in [5.74, 6) is -2.22. The Balaban J connectivity index is 2.29. The van der Waals surface area contributed by atoms with Crippen LogP contribution in [0.4, 0.5) is 10.5 Å². The molecule has 1 aromatic rings. The fourth-order valence-corrected chi connectivity index (χ4v) is 2.59. The molecule has 0 unspecified atom stereocenters. The van der Waals surface area contributed by atoms with Gasteiger partial charge in [0, 0.05) is 6.07 Å². The molecule has 1 aliphatic rings. The molecule has 0 atom stereocenters. The van der Waals surface area contributed by atoms with Crippen molar-refractivity contribution in [1.82, 2.24) is 4.90 Å². The Morgan fingerprint density at radius 1 is 1.43 bits per heavy atom. The maximum absolute atomic E-state index is 12.1. The van der Waals surface area contributed by atoms with Gasteiger partial charge in [0.1, 0.15) is 6.54 Å². The van der Waals surface area contributed by atoms with E-state index in [1.165, 1.54) is 12.1 Å². The summed E-state index contributed by atoms with van der Waals surface area (Å²) in [6.07, 6.45) is 1.24. The summed E-state index contributed by atoms with van der Waals surface area (Å²) in [6.45, 7) is -0.516. The molecule has 0 aliphatic carbocycles. The lowest BCUT2D eigenvalue weighted by Crippen LogP contribution is -2.34. The first-order valence-corrected chi connectivity index (χ1v) is 6.92. The molecule has 1 fully saturated rings. The van der Waals surface area contributed by atoms with Gasteiger partial charge in [-0.1, -0.05) is 12.1 Å². The molecule has 120 valence electrons. The number of benzene rings is 1. The number of rotatable bonds is 4. The van der Waals surface area contributed by atoms with Crippen molar-refractivity contribution in [3.63, 3.8) is 0 Å². The molecule has 2 amide bonds. The second-order valence-electron chi connectivity index (χ2n) is 4.33. The Morgan fingerprint density at radius 3 is 2.74 bits per heavy atom. The summed E-state index contributed by atoms with van der Waals surface area (Å²) < 4.78 is 4.39. The normalized spacial score (nSPS) is 16.0. The quantitative estimate of drug-likeness (QED) is 0.342. The van der Waals surface area contributed by atoms with Crippen LogP contribution in [0.3, 0.4) is 0 Å². The van der Waals surface area contributed by atoms with Crippen LogP contribution in [0.25, 0.3) is 6.08 Å². The molecule has 10 heteroatoms. The zero-order chi connectivity index (χ0) is 17.1. The van der Waals surface area contributed by atoms with Crippen LogP contribution in [0.1, 0.15) is 5.56 Å². The van der Waals surface area contributed by atoms with Gasteiger partial charge in [0.15, 0.2) is 0 Å². The Bertz CT molecular complexity index is 744. The summed E-state index contributed by atoms with van der Waals surface area (Å²) >= 11 is 0.590.